The first-order valence-electron chi connectivity index (χ1n) is 4.69. The Morgan fingerprint density at radius 2 is 2.07 bits per heavy atom. The van der Waals surface area contributed by atoms with Crippen molar-refractivity contribution in [3.63, 3.8) is 0 Å². The molecule has 1 N–H and O–H groups in total. The molecule has 0 radical (unpaired) electrons. The lowest BCUT2D eigenvalue weighted by Gasteiger charge is -2.23. The van der Waals surface area contributed by atoms with Crippen molar-refractivity contribution in [2.24, 2.45) is 0 Å². The molecule has 0 spiro atoms. The fourth-order valence-corrected chi connectivity index (χ4v) is 1.71. The third-order valence-corrected chi connectivity index (χ3v) is 3.15. The monoisotopic (exact) mass is 293 g/mol. The van der Waals surface area contributed by atoms with Crippen LogP contribution in [0.1, 0.15) is 19.4 Å². The zero-order chi connectivity index (χ0) is 11.5. The summed E-state index contributed by atoms with van der Waals surface area (Å²) in [6, 6.07) is 4.85. The molecule has 1 aromatic rings. The van der Waals surface area contributed by atoms with E-state index < -0.39 is 0 Å². The van der Waals surface area contributed by atoms with Gasteiger partial charge in [-0.1, -0.05) is 15.9 Å². The number of benzene rings is 1. The molecule has 1 aromatic carbocycles. The minimum absolute atomic E-state index is 0.139. The molecule has 0 atom stereocenters. The normalized spacial score (nSPS) is 11.8. The third-order valence-electron chi connectivity index (χ3n) is 2.03. The van der Waals surface area contributed by atoms with Crippen LogP contribution < -0.4 is 5.32 Å². The zero-order valence-corrected chi connectivity index (χ0v) is 11.1. The molecule has 1 nitrogen and oxygen atoms in total. The van der Waals surface area contributed by atoms with Crippen LogP contribution in [0.15, 0.2) is 22.7 Å². The maximum atomic E-state index is 13.0. The van der Waals surface area contributed by atoms with Crippen LogP contribution >= 0.6 is 27.5 Å². The lowest BCUT2D eigenvalue weighted by atomic mass is 10.1. The van der Waals surface area contributed by atoms with Crippen LogP contribution in [0.4, 0.5) is 4.39 Å². The van der Waals surface area contributed by atoms with E-state index in [2.05, 4.69) is 21.2 Å². The van der Waals surface area contributed by atoms with Gasteiger partial charge in [-0.3, -0.25) is 0 Å². The summed E-state index contributed by atoms with van der Waals surface area (Å²) < 4.78 is 13.8. The summed E-state index contributed by atoms with van der Waals surface area (Å²) in [5.41, 5.74) is 0.764. The molecule has 0 aliphatic carbocycles. The van der Waals surface area contributed by atoms with Crippen LogP contribution in [0.25, 0.3) is 0 Å². The van der Waals surface area contributed by atoms with Crippen molar-refractivity contribution in [1.82, 2.24) is 5.32 Å². The van der Waals surface area contributed by atoms with Gasteiger partial charge in [0.2, 0.25) is 0 Å². The van der Waals surface area contributed by atoms with Crippen LogP contribution in [0, 0.1) is 5.82 Å². The molecule has 4 heteroatoms. The smallest absolute Gasteiger partial charge is 0.124 e. The van der Waals surface area contributed by atoms with Gasteiger partial charge in [-0.15, -0.1) is 11.6 Å². The van der Waals surface area contributed by atoms with E-state index >= 15 is 0 Å². The highest BCUT2D eigenvalue weighted by Crippen LogP contribution is 2.15. The van der Waals surface area contributed by atoms with Crippen LogP contribution in [-0.4, -0.2) is 11.4 Å². The molecule has 0 bridgehead atoms. The number of halogens is 3. The molecule has 0 unspecified atom stereocenters. The SMILES string of the molecule is CC(C)(CCl)NCc1cc(F)cc(Br)c1. The quantitative estimate of drug-likeness (QED) is 0.835. The van der Waals surface area contributed by atoms with E-state index in [9.17, 15) is 4.39 Å². The zero-order valence-electron chi connectivity index (χ0n) is 8.78. The number of alkyl halides is 1. The van der Waals surface area contributed by atoms with Gasteiger partial charge in [0.05, 0.1) is 0 Å². The second-order valence-electron chi connectivity index (χ2n) is 4.15. The Morgan fingerprint density at radius 3 is 2.60 bits per heavy atom. The third kappa shape index (κ3) is 4.49. The van der Waals surface area contributed by atoms with Crippen molar-refractivity contribution in [2.45, 2.75) is 25.9 Å². The molecule has 1 rings (SSSR count). The lowest BCUT2D eigenvalue weighted by molar-refractivity contribution is 0.429. The Morgan fingerprint density at radius 1 is 1.40 bits per heavy atom. The second kappa shape index (κ2) is 5.28. The first-order chi connectivity index (χ1) is 6.93. The molecular weight excluding hydrogens is 280 g/mol. The summed E-state index contributed by atoms with van der Waals surface area (Å²) in [4.78, 5) is 0. The van der Waals surface area contributed by atoms with Crippen molar-refractivity contribution in [1.29, 1.82) is 0 Å². The Bertz CT molecular complexity index is 321. The van der Waals surface area contributed by atoms with E-state index in [4.69, 9.17) is 11.6 Å². The molecule has 0 saturated heterocycles. The molecule has 0 aliphatic rings. The van der Waals surface area contributed by atoms with Crippen molar-refractivity contribution >= 4 is 27.5 Å². The topological polar surface area (TPSA) is 12.0 Å². The van der Waals surface area contributed by atoms with Gasteiger partial charge in [-0.2, -0.15) is 0 Å². The summed E-state index contributed by atoms with van der Waals surface area (Å²) in [6.45, 7) is 4.62. The van der Waals surface area contributed by atoms with Crippen LogP contribution in [0.2, 0.25) is 0 Å². The fraction of sp³-hybridized carbons (Fsp3) is 0.455. The van der Waals surface area contributed by atoms with E-state index in [-0.39, 0.29) is 11.4 Å². The van der Waals surface area contributed by atoms with E-state index in [1.165, 1.54) is 12.1 Å². The predicted molar refractivity (Wildman–Crippen MR) is 65.7 cm³/mol. The summed E-state index contributed by atoms with van der Waals surface area (Å²) >= 11 is 9.03. The van der Waals surface area contributed by atoms with Gasteiger partial charge in [-0.25, -0.2) is 4.39 Å². The molecular formula is C11H14BrClFN. The average Bonchev–Trinajstić information content (AvgIpc) is 2.14. The molecule has 84 valence electrons. The average molecular weight is 295 g/mol. The van der Waals surface area contributed by atoms with Gasteiger partial charge in [0.15, 0.2) is 0 Å². The largest absolute Gasteiger partial charge is 0.307 e. The number of hydrogen-bond acceptors (Lipinski definition) is 1. The van der Waals surface area contributed by atoms with Crippen LogP contribution in [-0.2, 0) is 6.54 Å². The second-order valence-corrected chi connectivity index (χ2v) is 5.33. The molecule has 0 amide bonds. The van der Waals surface area contributed by atoms with Crippen LogP contribution in [0.5, 0.6) is 0 Å². The van der Waals surface area contributed by atoms with E-state index in [1.54, 1.807) is 0 Å². The van der Waals surface area contributed by atoms with E-state index in [1.807, 2.05) is 19.9 Å². The molecule has 0 fully saturated rings. The Hall–Kier alpha value is -0.120. The summed E-state index contributed by atoms with van der Waals surface area (Å²) in [6.07, 6.45) is 0. The van der Waals surface area contributed by atoms with E-state index in [0.717, 1.165) is 10.0 Å². The Labute approximate surface area is 103 Å². The van der Waals surface area contributed by atoms with Gasteiger partial charge in [0, 0.05) is 22.4 Å². The maximum absolute atomic E-state index is 13.0. The molecule has 0 aromatic heterocycles. The van der Waals surface area contributed by atoms with Crippen molar-refractivity contribution in [3.05, 3.63) is 34.1 Å². The molecule has 0 saturated carbocycles. The number of hydrogen-bond donors (Lipinski definition) is 1. The van der Waals surface area contributed by atoms with Crippen LogP contribution in [0.3, 0.4) is 0 Å². The molecule has 15 heavy (non-hydrogen) atoms. The number of rotatable bonds is 4. The van der Waals surface area contributed by atoms with Gasteiger partial charge < -0.3 is 5.32 Å². The molecule has 0 heterocycles. The van der Waals surface area contributed by atoms with Gasteiger partial charge >= 0.3 is 0 Å². The highest BCUT2D eigenvalue weighted by Gasteiger charge is 2.14. The van der Waals surface area contributed by atoms with Gasteiger partial charge in [-0.05, 0) is 37.6 Å². The summed E-state index contributed by atoms with van der Waals surface area (Å²) in [7, 11) is 0. The first kappa shape index (κ1) is 12.9. The summed E-state index contributed by atoms with van der Waals surface area (Å²) in [5.74, 6) is 0.286. The predicted octanol–water partition coefficient (Wildman–Crippen LogP) is 3.70. The number of nitrogens with one attached hydrogen (secondary N) is 1. The maximum Gasteiger partial charge on any atom is 0.124 e. The Balaban J connectivity index is 2.65. The van der Waals surface area contributed by atoms with E-state index in [0.29, 0.717) is 12.4 Å². The molecule has 0 aliphatic heterocycles. The van der Waals surface area contributed by atoms with Crippen molar-refractivity contribution in [3.8, 4) is 0 Å². The van der Waals surface area contributed by atoms with Crippen molar-refractivity contribution in [2.75, 3.05) is 5.88 Å². The first-order valence-corrected chi connectivity index (χ1v) is 6.02. The highest BCUT2D eigenvalue weighted by molar-refractivity contribution is 9.10. The highest BCUT2D eigenvalue weighted by atomic mass is 79.9. The lowest BCUT2D eigenvalue weighted by Crippen LogP contribution is -2.40. The minimum atomic E-state index is -0.232. The van der Waals surface area contributed by atoms with Crippen molar-refractivity contribution < 1.29 is 4.39 Å². The van der Waals surface area contributed by atoms with Gasteiger partial charge in [0.25, 0.3) is 0 Å². The summed E-state index contributed by atoms with van der Waals surface area (Å²) in [5, 5.41) is 3.26. The standard InChI is InChI=1S/C11H14BrClFN/c1-11(2,7-13)15-6-8-3-9(12)5-10(14)4-8/h3-5,15H,6-7H2,1-2H3. The minimum Gasteiger partial charge on any atom is -0.307 e. The van der Waals surface area contributed by atoms with Gasteiger partial charge in [0.1, 0.15) is 5.82 Å². The fourth-order valence-electron chi connectivity index (χ4n) is 1.10. The Kier molecular flexibility index (Phi) is 4.56.